The van der Waals surface area contributed by atoms with E-state index in [4.69, 9.17) is 19.6 Å². The van der Waals surface area contributed by atoms with Gasteiger partial charge in [-0.15, -0.1) is 0 Å². The maximum Gasteiger partial charge on any atom is 0.277 e. The first-order valence-electron chi connectivity index (χ1n) is 6.59. The molecule has 7 nitrogen and oxygen atoms in total. The Morgan fingerprint density at radius 3 is 3.05 bits per heavy atom. The third kappa shape index (κ3) is 2.68. The van der Waals surface area contributed by atoms with Gasteiger partial charge in [-0.1, -0.05) is 6.92 Å². The number of carbonyl (C=O) groups is 1. The highest BCUT2D eigenvalue weighted by Gasteiger charge is 2.18. The lowest BCUT2D eigenvalue weighted by molar-refractivity contribution is 0.102. The minimum Gasteiger partial charge on any atom is -0.454 e. The molecule has 0 saturated carbocycles. The molecule has 3 N–H and O–H groups in total. The van der Waals surface area contributed by atoms with Gasteiger partial charge in [0, 0.05) is 11.8 Å². The Labute approximate surface area is 121 Å². The van der Waals surface area contributed by atoms with Gasteiger partial charge in [0.25, 0.3) is 5.91 Å². The molecule has 0 radical (unpaired) electrons. The monoisotopic (exact) mass is 289 g/mol. The number of oxazole rings is 1. The van der Waals surface area contributed by atoms with Crippen molar-refractivity contribution >= 4 is 11.6 Å². The van der Waals surface area contributed by atoms with Gasteiger partial charge in [-0.05, 0) is 18.6 Å². The summed E-state index contributed by atoms with van der Waals surface area (Å²) in [6, 6.07) is 4.85. The molecule has 0 bridgehead atoms. The minimum atomic E-state index is -0.368. The van der Waals surface area contributed by atoms with Crippen LogP contribution in [-0.4, -0.2) is 17.7 Å². The molecule has 1 amide bonds. The Morgan fingerprint density at radius 2 is 2.24 bits per heavy atom. The number of benzene rings is 1. The van der Waals surface area contributed by atoms with Crippen molar-refractivity contribution in [3.05, 3.63) is 36.0 Å². The van der Waals surface area contributed by atoms with E-state index in [0.717, 1.165) is 0 Å². The van der Waals surface area contributed by atoms with Gasteiger partial charge < -0.3 is 24.9 Å². The van der Waals surface area contributed by atoms with Crippen LogP contribution in [0.15, 0.2) is 28.9 Å². The highest BCUT2D eigenvalue weighted by atomic mass is 16.7. The first kappa shape index (κ1) is 13.4. The van der Waals surface area contributed by atoms with Gasteiger partial charge in [0.05, 0.1) is 6.04 Å². The first-order chi connectivity index (χ1) is 10.2. The molecule has 0 aliphatic carbocycles. The Hall–Kier alpha value is -2.54. The summed E-state index contributed by atoms with van der Waals surface area (Å²) in [7, 11) is 0. The normalized spacial score (nSPS) is 14.0. The van der Waals surface area contributed by atoms with Crippen molar-refractivity contribution in [2.45, 2.75) is 19.4 Å². The van der Waals surface area contributed by atoms with E-state index in [1.165, 1.54) is 6.26 Å². The van der Waals surface area contributed by atoms with Crippen molar-refractivity contribution in [1.82, 2.24) is 4.98 Å². The number of hydrogen-bond acceptors (Lipinski definition) is 6. The van der Waals surface area contributed by atoms with Crippen LogP contribution >= 0.6 is 0 Å². The molecular formula is C14H15N3O4. The van der Waals surface area contributed by atoms with E-state index >= 15 is 0 Å². The lowest BCUT2D eigenvalue weighted by Gasteiger charge is -2.04. The molecule has 2 heterocycles. The van der Waals surface area contributed by atoms with Crippen LogP contribution in [0.2, 0.25) is 0 Å². The van der Waals surface area contributed by atoms with Gasteiger partial charge in [0.2, 0.25) is 12.7 Å². The van der Waals surface area contributed by atoms with Crippen LogP contribution in [0.4, 0.5) is 5.69 Å². The Bertz CT molecular complexity index is 668. The number of amides is 1. The number of anilines is 1. The van der Waals surface area contributed by atoms with Gasteiger partial charge in [-0.2, -0.15) is 0 Å². The number of carbonyl (C=O) groups excluding carboxylic acids is 1. The van der Waals surface area contributed by atoms with Crippen LogP contribution in [0.1, 0.15) is 35.8 Å². The highest BCUT2D eigenvalue weighted by molar-refractivity contribution is 6.02. The number of nitrogens with zero attached hydrogens (tertiary/aromatic N) is 1. The maximum atomic E-state index is 12.1. The third-order valence-electron chi connectivity index (χ3n) is 3.14. The van der Waals surface area contributed by atoms with Crippen molar-refractivity contribution in [3.63, 3.8) is 0 Å². The Balaban J connectivity index is 1.72. The molecule has 1 aliphatic heterocycles. The lowest BCUT2D eigenvalue weighted by atomic mass is 10.2. The fourth-order valence-corrected chi connectivity index (χ4v) is 1.91. The van der Waals surface area contributed by atoms with Crippen molar-refractivity contribution < 1.29 is 18.7 Å². The fourth-order valence-electron chi connectivity index (χ4n) is 1.91. The molecule has 1 aliphatic rings. The standard InChI is InChI=1S/C14H15N3O4/c1-2-9(15)14-17-10(6-19-14)13(18)16-8-3-4-11-12(5-8)21-7-20-11/h3-6,9H,2,7,15H2,1H3,(H,16,18). The maximum absolute atomic E-state index is 12.1. The van der Waals surface area contributed by atoms with E-state index in [-0.39, 0.29) is 24.4 Å². The average Bonchev–Trinajstić information content (AvgIpc) is 3.14. The minimum absolute atomic E-state index is 0.187. The zero-order valence-electron chi connectivity index (χ0n) is 11.5. The number of rotatable bonds is 4. The third-order valence-corrected chi connectivity index (χ3v) is 3.14. The Kier molecular flexibility index (Phi) is 3.49. The second-order valence-electron chi connectivity index (χ2n) is 4.61. The summed E-state index contributed by atoms with van der Waals surface area (Å²) in [5.41, 5.74) is 6.58. The molecule has 0 spiro atoms. The van der Waals surface area contributed by atoms with Crippen LogP contribution in [0.25, 0.3) is 0 Å². The van der Waals surface area contributed by atoms with E-state index in [1.54, 1.807) is 18.2 Å². The highest BCUT2D eigenvalue weighted by Crippen LogP contribution is 2.34. The van der Waals surface area contributed by atoms with Crippen LogP contribution in [-0.2, 0) is 0 Å². The predicted octanol–water partition coefficient (Wildman–Crippen LogP) is 2.07. The van der Waals surface area contributed by atoms with E-state index in [9.17, 15) is 4.79 Å². The summed E-state index contributed by atoms with van der Waals surface area (Å²) >= 11 is 0. The molecule has 3 rings (SSSR count). The molecular weight excluding hydrogens is 274 g/mol. The van der Waals surface area contributed by atoms with Crippen LogP contribution in [0.3, 0.4) is 0 Å². The van der Waals surface area contributed by atoms with Crippen molar-refractivity contribution in [2.24, 2.45) is 5.73 Å². The molecule has 1 aromatic carbocycles. The molecule has 0 saturated heterocycles. The topological polar surface area (TPSA) is 99.6 Å². The summed E-state index contributed by atoms with van der Waals surface area (Å²) in [6.07, 6.45) is 1.98. The van der Waals surface area contributed by atoms with Gasteiger partial charge in [0.15, 0.2) is 17.2 Å². The number of aromatic nitrogens is 1. The average molecular weight is 289 g/mol. The summed E-state index contributed by atoms with van der Waals surface area (Å²) in [6.45, 7) is 2.11. The second kappa shape index (κ2) is 5.45. The summed E-state index contributed by atoms with van der Waals surface area (Å²) in [4.78, 5) is 16.2. The molecule has 21 heavy (non-hydrogen) atoms. The fraction of sp³-hybridized carbons (Fsp3) is 0.286. The SMILES string of the molecule is CCC(N)c1nc(C(=O)Nc2ccc3c(c2)OCO3)co1. The number of nitrogens with one attached hydrogen (secondary N) is 1. The number of ether oxygens (including phenoxy) is 2. The van der Waals surface area contributed by atoms with Gasteiger partial charge in [0.1, 0.15) is 6.26 Å². The van der Waals surface area contributed by atoms with Crippen molar-refractivity contribution in [3.8, 4) is 11.5 Å². The molecule has 2 aromatic rings. The Morgan fingerprint density at radius 1 is 1.43 bits per heavy atom. The predicted molar refractivity (Wildman–Crippen MR) is 74.2 cm³/mol. The molecule has 7 heteroatoms. The number of hydrogen-bond donors (Lipinski definition) is 2. The van der Waals surface area contributed by atoms with E-state index in [1.807, 2.05) is 6.92 Å². The van der Waals surface area contributed by atoms with Gasteiger partial charge >= 0.3 is 0 Å². The molecule has 1 atom stereocenters. The molecule has 1 unspecified atom stereocenters. The zero-order chi connectivity index (χ0) is 14.8. The number of nitrogens with two attached hydrogens (primary N) is 1. The molecule has 1 aromatic heterocycles. The lowest BCUT2D eigenvalue weighted by Crippen LogP contribution is -2.14. The van der Waals surface area contributed by atoms with Crippen LogP contribution in [0.5, 0.6) is 11.5 Å². The van der Waals surface area contributed by atoms with E-state index < -0.39 is 0 Å². The summed E-state index contributed by atoms with van der Waals surface area (Å²) < 4.78 is 15.7. The second-order valence-corrected chi connectivity index (χ2v) is 4.61. The largest absolute Gasteiger partial charge is 0.454 e. The van der Waals surface area contributed by atoms with Gasteiger partial charge in [-0.3, -0.25) is 4.79 Å². The molecule has 0 fully saturated rings. The van der Waals surface area contributed by atoms with Crippen molar-refractivity contribution in [1.29, 1.82) is 0 Å². The van der Waals surface area contributed by atoms with Gasteiger partial charge in [-0.25, -0.2) is 4.98 Å². The molecule has 110 valence electrons. The summed E-state index contributed by atoms with van der Waals surface area (Å²) in [5, 5.41) is 2.72. The van der Waals surface area contributed by atoms with E-state index in [0.29, 0.717) is 29.5 Å². The zero-order valence-corrected chi connectivity index (χ0v) is 11.5. The first-order valence-corrected chi connectivity index (χ1v) is 6.59. The smallest absolute Gasteiger partial charge is 0.277 e. The number of fused-ring (bicyclic) bond motifs is 1. The quantitative estimate of drug-likeness (QED) is 0.893. The van der Waals surface area contributed by atoms with Crippen LogP contribution < -0.4 is 20.5 Å². The van der Waals surface area contributed by atoms with Crippen LogP contribution in [0, 0.1) is 0 Å². The summed E-state index contributed by atoms with van der Waals surface area (Å²) in [5.74, 6) is 1.24. The van der Waals surface area contributed by atoms with E-state index in [2.05, 4.69) is 10.3 Å². The van der Waals surface area contributed by atoms with Crippen molar-refractivity contribution in [2.75, 3.05) is 12.1 Å².